The highest BCUT2D eigenvalue weighted by Crippen LogP contribution is 2.08. The molecule has 0 aliphatic carbocycles. The zero-order valence-corrected chi connectivity index (χ0v) is 15.3. The van der Waals surface area contributed by atoms with Crippen LogP contribution in [0.1, 0.15) is 32.7 Å². The number of methoxy groups -OCH3 is 1. The van der Waals surface area contributed by atoms with Crippen LogP contribution in [-0.2, 0) is 11.2 Å². The molecule has 6 heteroatoms. The standard InChI is InChI=1S/C20H25N3O3/c1-23(14-10-16-8-12-21-13-9-16)20(25)18-6-4-17(5-7-18)19(24)22-11-3-15-26-2/h4-9,12-13H,3,10-11,14-15H2,1-2H3,(H,22,24). The van der Waals surface area contributed by atoms with Gasteiger partial charge in [-0.2, -0.15) is 0 Å². The van der Waals surface area contributed by atoms with Gasteiger partial charge < -0.3 is 15.0 Å². The number of nitrogens with zero attached hydrogens (tertiary/aromatic N) is 2. The highest BCUT2D eigenvalue weighted by molar-refractivity contribution is 5.97. The average Bonchev–Trinajstić information content (AvgIpc) is 2.69. The highest BCUT2D eigenvalue weighted by Gasteiger charge is 2.13. The first-order valence-electron chi connectivity index (χ1n) is 8.63. The molecule has 1 heterocycles. The Labute approximate surface area is 154 Å². The van der Waals surface area contributed by atoms with E-state index in [4.69, 9.17) is 4.74 Å². The van der Waals surface area contributed by atoms with Crippen molar-refractivity contribution >= 4 is 11.8 Å². The molecular weight excluding hydrogens is 330 g/mol. The van der Waals surface area contributed by atoms with E-state index in [1.807, 2.05) is 12.1 Å². The minimum Gasteiger partial charge on any atom is -0.385 e. The van der Waals surface area contributed by atoms with E-state index >= 15 is 0 Å². The monoisotopic (exact) mass is 355 g/mol. The van der Waals surface area contributed by atoms with Gasteiger partial charge in [-0.1, -0.05) is 0 Å². The summed E-state index contributed by atoms with van der Waals surface area (Å²) in [5.74, 6) is -0.211. The van der Waals surface area contributed by atoms with Crippen LogP contribution < -0.4 is 5.32 Å². The number of rotatable bonds is 9. The molecule has 1 N–H and O–H groups in total. The van der Waals surface area contributed by atoms with Crippen molar-refractivity contribution in [2.45, 2.75) is 12.8 Å². The molecule has 26 heavy (non-hydrogen) atoms. The summed E-state index contributed by atoms with van der Waals surface area (Å²) in [6.45, 7) is 1.79. The number of benzene rings is 1. The lowest BCUT2D eigenvalue weighted by Gasteiger charge is -2.17. The van der Waals surface area contributed by atoms with Crippen LogP contribution in [0.25, 0.3) is 0 Å². The third-order valence-corrected chi connectivity index (χ3v) is 4.04. The Morgan fingerprint density at radius 3 is 2.38 bits per heavy atom. The molecule has 0 saturated carbocycles. The Morgan fingerprint density at radius 1 is 1.08 bits per heavy atom. The summed E-state index contributed by atoms with van der Waals surface area (Å²) in [5, 5.41) is 2.82. The first kappa shape index (κ1) is 19.6. The van der Waals surface area contributed by atoms with Gasteiger partial charge in [-0.05, 0) is 54.8 Å². The highest BCUT2D eigenvalue weighted by atomic mass is 16.5. The first-order chi connectivity index (χ1) is 12.6. The van der Waals surface area contributed by atoms with Gasteiger partial charge in [0.1, 0.15) is 0 Å². The van der Waals surface area contributed by atoms with Crippen LogP contribution in [0.2, 0.25) is 0 Å². The van der Waals surface area contributed by atoms with Gasteiger partial charge >= 0.3 is 0 Å². The zero-order chi connectivity index (χ0) is 18.8. The van der Waals surface area contributed by atoms with Crippen molar-refractivity contribution in [3.8, 4) is 0 Å². The Kier molecular flexibility index (Phi) is 7.76. The molecule has 6 nitrogen and oxygen atoms in total. The van der Waals surface area contributed by atoms with Gasteiger partial charge in [-0.15, -0.1) is 0 Å². The molecule has 0 aliphatic rings. The summed E-state index contributed by atoms with van der Waals surface area (Å²) in [5.41, 5.74) is 2.25. The van der Waals surface area contributed by atoms with Gasteiger partial charge in [0.2, 0.25) is 0 Å². The number of pyridine rings is 1. The smallest absolute Gasteiger partial charge is 0.253 e. The Hall–Kier alpha value is -2.73. The molecular formula is C20H25N3O3. The molecule has 138 valence electrons. The fourth-order valence-corrected chi connectivity index (χ4v) is 2.45. The van der Waals surface area contributed by atoms with Crippen molar-refractivity contribution in [1.82, 2.24) is 15.2 Å². The molecule has 0 spiro atoms. The second-order valence-electron chi connectivity index (χ2n) is 6.01. The Morgan fingerprint density at radius 2 is 1.73 bits per heavy atom. The van der Waals surface area contributed by atoms with E-state index in [0.29, 0.717) is 30.8 Å². The lowest BCUT2D eigenvalue weighted by atomic mass is 10.1. The molecule has 2 rings (SSSR count). The van der Waals surface area contributed by atoms with E-state index in [0.717, 1.165) is 18.4 Å². The third-order valence-electron chi connectivity index (χ3n) is 4.04. The number of amides is 2. The summed E-state index contributed by atoms with van der Waals surface area (Å²) < 4.78 is 4.95. The summed E-state index contributed by atoms with van der Waals surface area (Å²) in [7, 11) is 3.41. The number of carbonyl (C=O) groups excluding carboxylic acids is 2. The number of hydrogen-bond acceptors (Lipinski definition) is 4. The van der Waals surface area contributed by atoms with Crippen molar-refractivity contribution < 1.29 is 14.3 Å². The maximum Gasteiger partial charge on any atom is 0.253 e. The first-order valence-corrected chi connectivity index (χ1v) is 8.63. The van der Waals surface area contributed by atoms with Crippen LogP contribution in [0.15, 0.2) is 48.8 Å². The fraction of sp³-hybridized carbons (Fsp3) is 0.350. The van der Waals surface area contributed by atoms with Crippen molar-refractivity contribution in [3.63, 3.8) is 0 Å². The van der Waals surface area contributed by atoms with E-state index < -0.39 is 0 Å². The fourth-order valence-electron chi connectivity index (χ4n) is 2.45. The molecule has 0 unspecified atom stereocenters. The summed E-state index contributed by atoms with van der Waals surface area (Å²) >= 11 is 0. The predicted octanol–water partition coefficient (Wildman–Crippen LogP) is 2.16. The van der Waals surface area contributed by atoms with Crippen LogP contribution in [0, 0.1) is 0 Å². The quantitative estimate of drug-likeness (QED) is 0.700. The normalized spacial score (nSPS) is 10.4. The topological polar surface area (TPSA) is 71.5 Å². The average molecular weight is 355 g/mol. The summed E-state index contributed by atoms with van der Waals surface area (Å²) in [4.78, 5) is 30.2. The number of likely N-dealkylation sites (N-methyl/N-ethyl adjacent to an activating group) is 1. The minimum absolute atomic E-state index is 0.0638. The van der Waals surface area contributed by atoms with Crippen LogP contribution in [0.5, 0.6) is 0 Å². The number of ether oxygens (including phenoxy) is 1. The summed E-state index contributed by atoms with van der Waals surface area (Å²) in [6.07, 6.45) is 5.03. The van der Waals surface area contributed by atoms with Crippen LogP contribution in [-0.4, -0.2) is 55.6 Å². The van der Waals surface area contributed by atoms with E-state index in [2.05, 4.69) is 10.3 Å². The lowest BCUT2D eigenvalue weighted by molar-refractivity contribution is 0.0795. The van der Waals surface area contributed by atoms with Crippen molar-refractivity contribution in [2.75, 3.05) is 33.9 Å². The number of aromatic nitrogens is 1. The molecule has 0 radical (unpaired) electrons. The molecule has 2 amide bonds. The number of hydrogen-bond donors (Lipinski definition) is 1. The molecule has 0 atom stereocenters. The van der Waals surface area contributed by atoms with E-state index in [1.54, 1.807) is 55.7 Å². The molecule has 0 fully saturated rings. The van der Waals surface area contributed by atoms with E-state index in [1.165, 1.54) is 0 Å². The SMILES string of the molecule is COCCCNC(=O)c1ccc(C(=O)N(C)CCc2ccncc2)cc1. The van der Waals surface area contributed by atoms with Crippen LogP contribution >= 0.6 is 0 Å². The Bertz CT molecular complexity index is 702. The van der Waals surface area contributed by atoms with E-state index in [9.17, 15) is 9.59 Å². The number of nitrogens with one attached hydrogen (secondary N) is 1. The largest absolute Gasteiger partial charge is 0.385 e. The Balaban J connectivity index is 1.86. The predicted molar refractivity (Wildman–Crippen MR) is 100 cm³/mol. The molecule has 0 bridgehead atoms. The second kappa shape index (κ2) is 10.3. The van der Waals surface area contributed by atoms with Crippen LogP contribution in [0.4, 0.5) is 0 Å². The maximum atomic E-state index is 12.5. The van der Waals surface area contributed by atoms with Crippen molar-refractivity contribution in [1.29, 1.82) is 0 Å². The summed E-state index contributed by atoms with van der Waals surface area (Å²) in [6, 6.07) is 10.6. The second-order valence-corrected chi connectivity index (χ2v) is 6.01. The van der Waals surface area contributed by atoms with Crippen LogP contribution in [0.3, 0.4) is 0 Å². The van der Waals surface area contributed by atoms with Gasteiger partial charge in [0, 0.05) is 57.4 Å². The minimum atomic E-state index is -0.147. The van der Waals surface area contributed by atoms with Gasteiger partial charge in [0.05, 0.1) is 0 Å². The van der Waals surface area contributed by atoms with Crippen molar-refractivity contribution in [2.24, 2.45) is 0 Å². The van der Waals surface area contributed by atoms with Gasteiger partial charge in [-0.3, -0.25) is 14.6 Å². The van der Waals surface area contributed by atoms with Gasteiger partial charge in [0.25, 0.3) is 11.8 Å². The van der Waals surface area contributed by atoms with E-state index in [-0.39, 0.29) is 11.8 Å². The molecule has 0 saturated heterocycles. The van der Waals surface area contributed by atoms with Gasteiger partial charge in [-0.25, -0.2) is 0 Å². The molecule has 1 aromatic heterocycles. The molecule has 0 aliphatic heterocycles. The maximum absolute atomic E-state index is 12.5. The molecule has 1 aromatic carbocycles. The lowest BCUT2D eigenvalue weighted by Crippen LogP contribution is -2.29. The van der Waals surface area contributed by atoms with Gasteiger partial charge in [0.15, 0.2) is 0 Å². The zero-order valence-electron chi connectivity index (χ0n) is 15.3. The number of carbonyl (C=O) groups is 2. The third kappa shape index (κ3) is 5.97. The van der Waals surface area contributed by atoms with Crippen molar-refractivity contribution in [3.05, 3.63) is 65.5 Å². The molecule has 2 aromatic rings.